The molecule has 138 valence electrons. The van der Waals surface area contributed by atoms with Crippen LogP contribution in [0.2, 0.25) is 0 Å². The molecule has 0 N–H and O–H groups in total. The van der Waals surface area contributed by atoms with E-state index in [4.69, 9.17) is 0 Å². The molecule has 5 nitrogen and oxygen atoms in total. The second kappa shape index (κ2) is 7.43. The summed E-state index contributed by atoms with van der Waals surface area (Å²) in [7, 11) is 0. The number of rotatable bonds is 2. The Morgan fingerprint density at radius 3 is 2.50 bits per heavy atom. The molecule has 1 aromatic rings. The Kier molecular flexibility index (Phi) is 5.02. The summed E-state index contributed by atoms with van der Waals surface area (Å²) in [5.41, 5.74) is 1.36. The van der Waals surface area contributed by atoms with Crippen molar-refractivity contribution in [3.63, 3.8) is 0 Å². The lowest BCUT2D eigenvalue weighted by atomic mass is 9.94. The molecular formula is C20H24N2O3S. The lowest BCUT2D eigenvalue weighted by molar-refractivity contribution is 0.0548. The molecule has 3 aliphatic rings. The van der Waals surface area contributed by atoms with Crippen LogP contribution in [-0.2, 0) is 0 Å². The van der Waals surface area contributed by atoms with Gasteiger partial charge in [-0.2, -0.15) is 11.8 Å². The van der Waals surface area contributed by atoms with E-state index in [1.165, 1.54) is 11.3 Å². The van der Waals surface area contributed by atoms with E-state index in [0.717, 1.165) is 56.7 Å². The largest absolute Gasteiger partial charge is 0.338 e. The van der Waals surface area contributed by atoms with Crippen molar-refractivity contribution in [1.29, 1.82) is 0 Å². The number of imide groups is 1. The third kappa shape index (κ3) is 3.15. The van der Waals surface area contributed by atoms with E-state index in [1.54, 1.807) is 18.2 Å². The summed E-state index contributed by atoms with van der Waals surface area (Å²) >= 11 is 1.87. The molecule has 0 spiro atoms. The molecule has 0 atom stereocenters. The van der Waals surface area contributed by atoms with Crippen molar-refractivity contribution in [2.45, 2.75) is 44.6 Å². The molecule has 2 fully saturated rings. The molecule has 3 amide bonds. The zero-order chi connectivity index (χ0) is 18.1. The molecule has 26 heavy (non-hydrogen) atoms. The molecular weight excluding hydrogens is 348 g/mol. The van der Waals surface area contributed by atoms with Gasteiger partial charge in [0.15, 0.2) is 0 Å². The number of benzene rings is 1. The highest BCUT2D eigenvalue weighted by Crippen LogP contribution is 2.31. The highest BCUT2D eigenvalue weighted by molar-refractivity contribution is 7.99. The number of carbonyl (C=O) groups is 3. The zero-order valence-corrected chi connectivity index (χ0v) is 15.7. The van der Waals surface area contributed by atoms with Crippen LogP contribution in [0, 0.1) is 0 Å². The summed E-state index contributed by atoms with van der Waals surface area (Å²) in [5.74, 6) is 1.58. The molecule has 0 bridgehead atoms. The average molecular weight is 372 g/mol. The van der Waals surface area contributed by atoms with E-state index in [9.17, 15) is 14.4 Å². The van der Waals surface area contributed by atoms with Crippen molar-refractivity contribution in [2.75, 3.05) is 24.6 Å². The number of hydrogen-bond acceptors (Lipinski definition) is 4. The van der Waals surface area contributed by atoms with Gasteiger partial charge in [-0.1, -0.05) is 19.3 Å². The predicted octanol–water partition coefficient (Wildman–Crippen LogP) is 3.19. The van der Waals surface area contributed by atoms with Crippen LogP contribution in [0.25, 0.3) is 0 Å². The maximum atomic E-state index is 12.9. The predicted molar refractivity (Wildman–Crippen MR) is 102 cm³/mol. The molecule has 1 aliphatic carbocycles. The number of nitrogens with zero attached hydrogens (tertiary/aromatic N) is 2. The lowest BCUT2D eigenvalue weighted by Crippen LogP contribution is -2.40. The Morgan fingerprint density at radius 2 is 1.69 bits per heavy atom. The van der Waals surface area contributed by atoms with Crippen molar-refractivity contribution in [2.24, 2.45) is 0 Å². The maximum Gasteiger partial charge on any atom is 0.261 e. The van der Waals surface area contributed by atoms with Gasteiger partial charge in [0.1, 0.15) is 0 Å². The first kappa shape index (κ1) is 17.6. The first-order chi connectivity index (χ1) is 12.7. The van der Waals surface area contributed by atoms with Gasteiger partial charge in [-0.25, -0.2) is 0 Å². The fraction of sp³-hybridized carbons (Fsp3) is 0.550. The van der Waals surface area contributed by atoms with Gasteiger partial charge in [-0.15, -0.1) is 0 Å². The highest BCUT2D eigenvalue weighted by atomic mass is 32.2. The minimum atomic E-state index is -0.224. The standard InChI is InChI=1S/C20H24N2O3S/c23-18(21-9-4-11-26-12-10-21)14-7-8-16-17(13-14)20(25)22(19(16)24)15-5-2-1-3-6-15/h7-8,13,15H,1-6,9-12H2. The van der Waals surface area contributed by atoms with Crippen molar-refractivity contribution in [3.05, 3.63) is 34.9 Å². The van der Waals surface area contributed by atoms with Crippen LogP contribution >= 0.6 is 11.8 Å². The van der Waals surface area contributed by atoms with E-state index in [2.05, 4.69) is 0 Å². The van der Waals surface area contributed by atoms with Crippen molar-refractivity contribution < 1.29 is 14.4 Å². The van der Waals surface area contributed by atoms with Gasteiger partial charge in [0.05, 0.1) is 11.1 Å². The summed E-state index contributed by atoms with van der Waals surface area (Å²) in [5, 5.41) is 0. The third-order valence-electron chi connectivity index (χ3n) is 5.61. The molecule has 1 saturated carbocycles. The van der Waals surface area contributed by atoms with Gasteiger partial charge in [-0.05, 0) is 43.2 Å². The summed E-state index contributed by atoms with van der Waals surface area (Å²) in [6, 6.07) is 5.02. The number of fused-ring (bicyclic) bond motifs is 1. The third-order valence-corrected chi connectivity index (χ3v) is 6.66. The van der Waals surface area contributed by atoms with Gasteiger partial charge < -0.3 is 4.90 Å². The second-order valence-electron chi connectivity index (χ2n) is 7.29. The minimum absolute atomic E-state index is 0.0120. The van der Waals surface area contributed by atoms with Crippen LogP contribution in [0.3, 0.4) is 0 Å². The number of thioether (sulfide) groups is 1. The fourth-order valence-corrected chi connectivity index (χ4v) is 5.08. The van der Waals surface area contributed by atoms with Crippen molar-refractivity contribution in [1.82, 2.24) is 9.80 Å². The van der Waals surface area contributed by atoms with Gasteiger partial charge in [0.25, 0.3) is 17.7 Å². The summed E-state index contributed by atoms with van der Waals surface area (Å²) in [4.78, 5) is 41.8. The molecule has 2 aliphatic heterocycles. The first-order valence-corrected chi connectivity index (χ1v) is 10.7. The van der Waals surface area contributed by atoms with Crippen LogP contribution in [-0.4, -0.2) is 58.2 Å². The number of amides is 3. The molecule has 0 unspecified atom stereocenters. The van der Waals surface area contributed by atoms with Crippen LogP contribution in [0.4, 0.5) is 0 Å². The van der Waals surface area contributed by atoms with Gasteiger partial charge in [0.2, 0.25) is 0 Å². The Hall–Kier alpha value is -1.82. The van der Waals surface area contributed by atoms with Crippen LogP contribution in [0.1, 0.15) is 69.6 Å². The number of hydrogen-bond donors (Lipinski definition) is 0. The Labute approximate surface area is 158 Å². The summed E-state index contributed by atoms with van der Waals surface area (Å²) in [6.45, 7) is 1.49. The first-order valence-electron chi connectivity index (χ1n) is 9.56. The van der Waals surface area contributed by atoms with Crippen LogP contribution in [0.5, 0.6) is 0 Å². The molecule has 0 radical (unpaired) electrons. The van der Waals surface area contributed by atoms with Gasteiger partial charge >= 0.3 is 0 Å². The summed E-state index contributed by atoms with van der Waals surface area (Å²) in [6.07, 6.45) is 6.08. The Bertz CT molecular complexity index is 735. The molecule has 6 heteroatoms. The maximum absolute atomic E-state index is 12.9. The zero-order valence-electron chi connectivity index (χ0n) is 14.9. The Morgan fingerprint density at radius 1 is 0.923 bits per heavy atom. The smallest absolute Gasteiger partial charge is 0.261 e. The van der Waals surface area contributed by atoms with E-state index < -0.39 is 0 Å². The van der Waals surface area contributed by atoms with Crippen molar-refractivity contribution in [3.8, 4) is 0 Å². The van der Waals surface area contributed by atoms with E-state index in [0.29, 0.717) is 16.7 Å². The minimum Gasteiger partial charge on any atom is -0.338 e. The van der Waals surface area contributed by atoms with E-state index >= 15 is 0 Å². The molecule has 2 heterocycles. The van der Waals surface area contributed by atoms with Gasteiger partial charge in [-0.3, -0.25) is 19.3 Å². The molecule has 0 aromatic heterocycles. The quantitative estimate of drug-likeness (QED) is 0.748. The van der Waals surface area contributed by atoms with E-state index in [-0.39, 0.29) is 23.8 Å². The topological polar surface area (TPSA) is 57.7 Å². The normalized spacial score (nSPS) is 21.7. The van der Waals surface area contributed by atoms with Crippen molar-refractivity contribution >= 4 is 29.5 Å². The SMILES string of the molecule is O=C(c1ccc2c(c1)C(=O)N(C1CCCCC1)C2=O)N1CCCSCC1. The average Bonchev–Trinajstić information content (AvgIpc) is 2.87. The van der Waals surface area contributed by atoms with E-state index in [1.807, 2.05) is 16.7 Å². The Balaban J connectivity index is 1.58. The van der Waals surface area contributed by atoms with Crippen LogP contribution in [0.15, 0.2) is 18.2 Å². The summed E-state index contributed by atoms with van der Waals surface area (Å²) < 4.78 is 0. The molecule has 1 aromatic carbocycles. The molecule has 1 saturated heterocycles. The second-order valence-corrected chi connectivity index (χ2v) is 8.52. The highest BCUT2D eigenvalue weighted by Gasteiger charge is 2.40. The number of carbonyl (C=O) groups excluding carboxylic acids is 3. The van der Waals surface area contributed by atoms with Gasteiger partial charge in [0, 0.05) is 30.4 Å². The lowest BCUT2D eigenvalue weighted by Gasteiger charge is -2.29. The fourth-order valence-electron chi connectivity index (χ4n) is 4.20. The monoisotopic (exact) mass is 372 g/mol. The molecule has 4 rings (SSSR count). The van der Waals surface area contributed by atoms with Crippen LogP contribution < -0.4 is 0 Å².